The van der Waals surface area contributed by atoms with Crippen molar-refractivity contribution in [3.63, 3.8) is 0 Å². The molecule has 9 nitrogen and oxygen atoms in total. The van der Waals surface area contributed by atoms with Crippen LogP contribution in [0.5, 0.6) is 0 Å². The van der Waals surface area contributed by atoms with Crippen molar-refractivity contribution in [2.45, 2.75) is 39.9 Å². The van der Waals surface area contributed by atoms with Crippen molar-refractivity contribution in [1.82, 2.24) is 24.9 Å². The summed E-state index contributed by atoms with van der Waals surface area (Å²) in [7, 11) is 0. The first kappa shape index (κ1) is 16.9. The van der Waals surface area contributed by atoms with Gasteiger partial charge < -0.3 is 5.32 Å². The van der Waals surface area contributed by atoms with Crippen molar-refractivity contribution < 1.29 is 9.72 Å². The quantitative estimate of drug-likeness (QED) is 0.609. The average molecular weight is 341 g/mol. The summed E-state index contributed by atoms with van der Waals surface area (Å²) in [6.45, 7) is 4.74. The summed E-state index contributed by atoms with van der Waals surface area (Å²) in [6, 6.07) is 0. The summed E-state index contributed by atoms with van der Waals surface area (Å²) in [5, 5.41) is 22.0. The first-order valence-electron chi connectivity index (χ1n) is 7.07. The Balaban J connectivity index is 1.88. The van der Waals surface area contributed by atoms with E-state index in [0.29, 0.717) is 17.3 Å². The fourth-order valence-electron chi connectivity index (χ4n) is 2.16. The molecule has 0 aromatic carbocycles. The standard InChI is InChI=1S/C13H17ClN6O3/c1-3-18-12(10(14)6-16-18)7-15-13(21)4-5-19-9(2)11(8-17-19)20(22)23/h6,8H,3-5,7H2,1-2H3,(H,15,21). The Kier molecular flexibility index (Phi) is 5.32. The van der Waals surface area contributed by atoms with E-state index >= 15 is 0 Å². The summed E-state index contributed by atoms with van der Waals surface area (Å²) in [4.78, 5) is 22.2. The highest BCUT2D eigenvalue weighted by atomic mass is 35.5. The highest BCUT2D eigenvalue weighted by Crippen LogP contribution is 2.16. The Morgan fingerprint density at radius 2 is 2.09 bits per heavy atom. The summed E-state index contributed by atoms with van der Waals surface area (Å²) < 4.78 is 3.16. The molecule has 0 unspecified atom stereocenters. The normalized spacial score (nSPS) is 10.7. The molecule has 0 radical (unpaired) electrons. The molecule has 0 aliphatic rings. The number of rotatable bonds is 7. The van der Waals surface area contributed by atoms with Crippen molar-refractivity contribution in [2.24, 2.45) is 0 Å². The molecule has 2 heterocycles. The van der Waals surface area contributed by atoms with E-state index in [1.165, 1.54) is 10.9 Å². The van der Waals surface area contributed by atoms with Gasteiger partial charge in [-0.05, 0) is 13.8 Å². The molecule has 0 spiro atoms. The van der Waals surface area contributed by atoms with Gasteiger partial charge in [0.25, 0.3) is 0 Å². The fraction of sp³-hybridized carbons (Fsp3) is 0.462. The Morgan fingerprint density at radius 1 is 1.39 bits per heavy atom. The minimum absolute atomic E-state index is 0.0518. The largest absolute Gasteiger partial charge is 0.350 e. The maximum Gasteiger partial charge on any atom is 0.309 e. The van der Waals surface area contributed by atoms with Gasteiger partial charge in [0.15, 0.2) is 0 Å². The van der Waals surface area contributed by atoms with Crippen molar-refractivity contribution in [3.05, 3.63) is 38.9 Å². The van der Waals surface area contributed by atoms with Crippen LogP contribution in [-0.4, -0.2) is 30.4 Å². The lowest BCUT2D eigenvalue weighted by molar-refractivity contribution is -0.385. The third kappa shape index (κ3) is 3.86. The molecule has 2 aromatic rings. The second-order valence-corrected chi connectivity index (χ2v) is 5.28. The van der Waals surface area contributed by atoms with E-state index in [-0.39, 0.29) is 31.1 Å². The zero-order chi connectivity index (χ0) is 17.0. The molecule has 0 aliphatic carbocycles. The van der Waals surface area contributed by atoms with E-state index in [4.69, 9.17) is 11.6 Å². The lowest BCUT2D eigenvalue weighted by Crippen LogP contribution is -2.25. The summed E-state index contributed by atoms with van der Waals surface area (Å²) in [6.07, 6.45) is 2.89. The van der Waals surface area contributed by atoms with Crippen LogP contribution in [-0.2, 0) is 24.4 Å². The van der Waals surface area contributed by atoms with Gasteiger partial charge in [0.1, 0.15) is 11.9 Å². The number of nitrogens with zero attached hydrogens (tertiary/aromatic N) is 5. The Labute approximate surface area is 137 Å². The van der Waals surface area contributed by atoms with Crippen LogP contribution in [0.3, 0.4) is 0 Å². The molecular weight excluding hydrogens is 324 g/mol. The predicted molar refractivity (Wildman–Crippen MR) is 83.0 cm³/mol. The van der Waals surface area contributed by atoms with E-state index in [0.717, 1.165) is 5.69 Å². The maximum absolute atomic E-state index is 11.9. The number of hydrogen-bond donors (Lipinski definition) is 1. The molecule has 0 aliphatic heterocycles. The van der Waals surface area contributed by atoms with Crippen molar-refractivity contribution in [2.75, 3.05) is 0 Å². The lowest BCUT2D eigenvalue weighted by atomic mass is 10.3. The predicted octanol–water partition coefficient (Wildman–Crippen LogP) is 1.68. The van der Waals surface area contributed by atoms with E-state index in [1.807, 2.05) is 6.92 Å². The summed E-state index contributed by atoms with van der Waals surface area (Å²) >= 11 is 6.02. The number of aromatic nitrogens is 4. The number of carbonyl (C=O) groups is 1. The number of nitro groups is 1. The van der Waals surface area contributed by atoms with Crippen molar-refractivity contribution in [1.29, 1.82) is 0 Å². The first-order chi connectivity index (χ1) is 10.9. The number of carbonyl (C=O) groups excluding carboxylic acids is 1. The van der Waals surface area contributed by atoms with E-state index < -0.39 is 4.92 Å². The van der Waals surface area contributed by atoms with Gasteiger partial charge in [-0.15, -0.1) is 0 Å². The third-order valence-electron chi connectivity index (χ3n) is 3.47. The number of amides is 1. The second kappa shape index (κ2) is 7.23. The van der Waals surface area contributed by atoms with Gasteiger partial charge in [-0.1, -0.05) is 11.6 Å². The molecule has 0 fully saturated rings. The van der Waals surface area contributed by atoms with E-state index in [1.54, 1.807) is 17.8 Å². The Hall–Kier alpha value is -2.42. The van der Waals surface area contributed by atoms with Crippen LogP contribution in [0.15, 0.2) is 12.4 Å². The van der Waals surface area contributed by atoms with Crippen LogP contribution in [0.2, 0.25) is 5.02 Å². The molecule has 2 rings (SSSR count). The van der Waals surface area contributed by atoms with Crippen LogP contribution in [0.25, 0.3) is 0 Å². The molecule has 2 aromatic heterocycles. The first-order valence-corrected chi connectivity index (χ1v) is 7.45. The van der Waals surface area contributed by atoms with Gasteiger partial charge in [-0.3, -0.25) is 24.3 Å². The maximum atomic E-state index is 11.9. The van der Waals surface area contributed by atoms with Crippen molar-refractivity contribution in [3.8, 4) is 0 Å². The van der Waals surface area contributed by atoms with Gasteiger partial charge in [0, 0.05) is 13.0 Å². The third-order valence-corrected chi connectivity index (χ3v) is 3.79. The number of nitrogens with one attached hydrogen (secondary N) is 1. The molecule has 10 heteroatoms. The molecule has 124 valence electrons. The van der Waals surface area contributed by atoms with E-state index in [2.05, 4.69) is 15.5 Å². The Morgan fingerprint density at radius 3 is 2.70 bits per heavy atom. The monoisotopic (exact) mass is 340 g/mol. The van der Waals surface area contributed by atoms with Gasteiger partial charge in [-0.25, -0.2) is 0 Å². The van der Waals surface area contributed by atoms with Crippen LogP contribution in [0.1, 0.15) is 24.7 Å². The van der Waals surface area contributed by atoms with Crippen LogP contribution >= 0.6 is 11.6 Å². The Bertz CT molecular complexity index is 723. The highest BCUT2D eigenvalue weighted by molar-refractivity contribution is 6.31. The van der Waals surface area contributed by atoms with Crippen molar-refractivity contribution >= 4 is 23.2 Å². The SMILES string of the molecule is CCn1ncc(Cl)c1CNC(=O)CCn1ncc([N+](=O)[O-])c1C. The smallest absolute Gasteiger partial charge is 0.309 e. The number of aryl methyl sites for hydroxylation is 2. The molecule has 0 saturated heterocycles. The van der Waals surface area contributed by atoms with Gasteiger partial charge >= 0.3 is 5.69 Å². The zero-order valence-corrected chi connectivity index (χ0v) is 13.6. The van der Waals surface area contributed by atoms with Crippen LogP contribution in [0.4, 0.5) is 5.69 Å². The average Bonchev–Trinajstić information content (AvgIpc) is 3.06. The molecule has 23 heavy (non-hydrogen) atoms. The summed E-state index contributed by atoms with van der Waals surface area (Å²) in [5.74, 6) is -0.192. The molecule has 0 atom stereocenters. The highest BCUT2D eigenvalue weighted by Gasteiger charge is 2.17. The lowest BCUT2D eigenvalue weighted by Gasteiger charge is -2.08. The molecular formula is C13H17ClN6O3. The second-order valence-electron chi connectivity index (χ2n) is 4.88. The molecule has 1 amide bonds. The van der Waals surface area contributed by atoms with Crippen LogP contribution in [0, 0.1) is 17.0 Å². The van der Waals surface area contributed by atoms with Gasteiger partial charge in [-0.2, -0.15) is 10.2 Å². The minimum Gasteiger partial charge on any atom is -0.350 e. The van der Waals surface area contributed by atoms with Crippen LogP contribution < -0.4 is 5.32 Å². The van der Waals surface area contributed by atoms with Gasteiger partial charge in [0.05, 0.1) is 34.9 Å². The molecule has 1 N–H and O–H groups in total. The molecule has 0 saturated carbocycles. The van der Waals surface area contributed by atoms with E-state index in [9.17, 15) is 14.9 Å². The summed E-state index contributed by atoms with van der Waals surface area (Å²) in [5.41, 5.74) is 1.12. The molecule has 0 bridgehead atoms. The topological polar surface area (TPSA) is 108 Å². The van der Waals surface area contributed by atoms with Gasteiger partial charge in [0.2, 0.25) is 5.91 Å². The number of halogens is 1. The zero-order valence-electron chi connectivity index (χ0n) is 12.8. The minimum atomic E-state index is -0.493. The fourth-order valence-corrected chi connectivity index (χ4v) is 2.36. The number of hydrogen-bond acceptors (Lipinski definition) is 5.